The lowest BCUT2D eigenvalue weighted by molar-refractivity contribution is -0.121. The fourth-order valence-corrected chi connectivity index (χ4v) is 1.42. The van der Waals surface area contributed by atoms with Crippen LogP contribution in [0.4, 0.5) is 10.2 Å². The van der Waals surface area contributed by atoms with Crippen LogP contribution < -0.4 is 16.4 Å². The summed E-state index contributed by atoms with van der Waals surface area (Å²) < 4.78 is 13.0. The standard InChI is InChI=1S/C13H19FN4O2/c1-8(2)6-17-11(19)3-4-16-13(20)10-5-9(14)7-18-12(10)15/h5,7-8H,3-4,6H2,1-2H3,(H2,15,18)(H,16,20)(H,17,19). The van der Waals surface area contributed by atoms with Crippen LogP contribution in [-0.4, -0.2) is 29.9 Å². The molecule has 4 N–H and O–H groups in total. The van der Waals surface area contributed by atoms with Gasteiger partial charge in [0.05, 0.1) is 11.8 Å². The highest BCUT2D eigenvalue weighted by atomic mass is 19.1. The molecule has 7 heteroatoms. The van der Waals surface area contributed by atoms with Crippen molar-refractivity contribution in [2.24, 2.45) is 5.92 Å². The Morgan fingerprint density at radius 2 is 2.10 bits per heavy atom. The molecule has 0 aliphatic carbocycles. The van der Waals surface area contributed by atoms with Crippen LogP contribution in [0.25, 0.3) is 0 Å². The second-order valence-electron chi connectivity index (χ2n) is 4.79. The first-order valence-electron chi connectivity index (χ1n) is 6.36. The van der Waals surface area contributed by atoms with E-state index in [4.69, 9.17) is 5.73 Å². The van der Waals surface area contributed by atoms with Crippen LogP contribution in [0.2, 0.25) is 0 Å². The summed E-state index contributed by atoms with van der Waals surface area (Å²) in [7, 11) is 0. The third-order valence-corrected chi connectivity index (χ3v) is 2.47. The summed E-state index contributed by atoms with van der Waals surface area (Å²) in [6, 6.07) is 1.01. The lowest BCUT2D eigenvalue weighted by Crippen LogP contribution is -2.32. The molecule has 1 aromatic rings. The van der Waals surface area contributed by atoms with Gasteiger partial charge in [-0.05, 0) is 12.0 Å². The maximum atomic E-state index is 13.0. The second kappa shape index (κ2) is 7.42. The van der Waals surface area contributed by atoms with Gasteiger partial charge in [-0.2, -0.15) is 0 Å². The molecule has 1 aromatic heterocycles. The molecule has 0 bridgehead atoms. The van der Waals surface area contributed by atoms with Crippen molar-refractivity contribution in [2.45, 2.75) is 20.3 Å². The van der Waals surface area contributed by atoms with Crippen LogP contribution in [-0.2, 0) is 4.79 Å². The minimum Gasteiger partial charge on any atom is -0.383 e. The van der Waals surface area contributed by atoms with Gasteiger partial charge in [0.2, 0.25) is 5.91 Å². The molecule has 0 radical (unpaired) electrons. The van der Waals surface area contributed by atoms with E-state index in [1.54, 1.807) is 0 Å². The van der Waals surface area contributed by atoms with E-state index in [0.29, 0.717) is 12.5 Å². The average molecular weight is 282 g/mol. The molecule has 0 aliphatic rings. The highest BCUT2D eigenvalue weighted by molar-refractivity contribution is 5.98. The van der Waals surface area contributed by atoms with Crippen molar-refractivity contribution in [1.82, 2.24) is 15.6 Å². The van der Waals surface area contributed by atoms with Gasteiger partial charge < -0.3 is 16.4 Å². The number of hydrogen-bond donors (Lipinski definition) is 3. The SMILES string of the molecule is CC(C)CNC(=O)CCNC(=O)c1cc(F)cnc1N. The first kappa shape index (κ1) is 15.9. The Hall–Kier alpha value is -2.18. The Morgan fingerprint density at radius 3 is 2.75 bits per heavy atom. The van der Waals surface area contributed by atoms with Crippen molar-refractivity contribution in [1.29, 1.82) is 0 Å². The fraction of sp³-hybridized carbons (Fsp3) is 0.462. The van der Waals surface area contributed by atoms with Gasteiger partial charge in [0, 0.05) is 19.5 Å². The molecule has 1 heterocycles. The predicted octanol–water partition coefficient (Wildman–Crippen LogP) is 0.695. The number of nitrogens with two attached hydrogens (primary N) is 1. The topological polar surface area (TPSA) is 97.1 Å². The molecule has 0 aromatic carbocycles. The third kappa shape index (κ3) is 5.21. The number of carbonyl (C=O) groups is 2. The molecule has 0 spiro atoms. The lowest BCUT2D eigenvalue weighted by Gasteiger charge is -2.09. The Kier molecular flexibility index (Phi) is 5.89. The van der Waals surface area contributed by atoms with Crippen molar-refractivity contribution in [2.75, 3.05) is 18.8 Å². The molecule has 110 valence electrons. The summed E-state index contributed by atoms with van der Waals surface area (Å²) in [5, 5.41) is 5.23. The molecule has 0 atom stereocenters. The summed E-state index contributed by atoms with van der Waals surface area (Å²) in [5.41, 5.74) is 5.45. The third-order valence-electron chi connectivity index (χ3n) is 2.47. The molecule has 20 heavy (non-hydrogen) atoms. The Morgan fingerprint density at radius 1 is 1.40 bits per heavy atom. The summed E-state index contributed by atoms with van der Waals surface area (Å²) in [6.07, 6.45) is 1.09. The zero-order chi connectivity index (χ0) is 15.1. The summed E-state index contributed by atoms with van der Waals surface area (Å²) in [6.45, 7) is 4.72. The molecule has 0 fully saturated rings. The Labute approximate surface area is 116 Å². The highest BCUT2D eigenvalue weighted by Crippen LogP contribution is 2.09. The van der Waals surface area contributed by atoms with Crippen LogP contribution in [0.15, 0.2) is 12.3 Å². The van der Waals surface area contributed by atoms with Gasteiger partial charge in [-0.1, -0.05) is 13.8 Å². The largest absolute Gasteiger partial charge is 0.383 e. The van der Waals surface area contributed by atoms with Gasteiger partial charge in [-0.25, -0.2) is 9.37 Å². The van der Waals surface area contributed by atoms with E-state index in [9.17, 15) is 14.0 Å². The number of halogens is 1. The highest BCUT2D eigenvalue weighted by Gasteiger charge is 2.12. The van der Waals surface area contributed by atoms with Gasteiger partial charge in [-0.3, -0.25) is 9.59 Å². The summed E-state index contributed by atoms with van der Waals surface area (Å²) in [5.74, 6) is -1.02. The van der Waals surface area contributed by atoms with Gasteiger partial charge in [0.15, 0.2) is 0 Å². The quantitative estimate of drug-likeness (QED) is 0.715. The molecular weight excluding hydrogens is 263 g/mol. The zero-order valence-corrected chi connectivity index (χ0v) is 11.6. The maximum Gasteiger partial charge on any atom is 0.255 e. The zero-order valence-electron chi connectivity index (χ0n) is 11.6. The molecule has 6 nitrogen and oxygen atoms in total. The fourth-order valence-electron chi connectivity index (χ4n) is 1.42. The van der Waals surface area contributed by atoms with Crippen LogP contribution >= 0.6 is 0 Å². The Bertz CT molecular complexity index is 491. The second-order valence-corrected chi connectivity index (χ2v) is 4.79. The number of nitrogens with zero attached hydrogens (tertiary/aromatic N) is 1. The van der Waals surface area contributed by atoms with Gasteiger partial charge in [0.1, 0.15) is 11.6 Å². The number of pyridine rings is 1. The molecule has 1 rings (SSSR count). The first-order chi connectivity index (χ1) is 9.40. The molecule has 0 aliphatic heterocycles. The van der Waals surface area contributed by atoms with Gasteiger partial charge >= 0.3 is 0 Å². The van der Waals surface area contributed by atoms with Crippen LogP contribution in [0.1, 0.15) is 30.6 Å². The average Bonchev–Trinajstić information content (AvgIpc) is 2.39. The van der Waals surface area contributed by atoms with Crippen molar-refractivity contribution < 1.29 is 14.0 Å². The monoisotopic (exact) mass is 282 g/mol. The van der Waals surface area contributed by atoms with Gasteiger partial charge in [-0.15, -0.1) is 0 Å². The van der Waals surface area contributed by atoms with E-state index in [1.165, 1.54) is 0 Å². The number of nitrogens with one attached hydrogen (secondary N) is 2. The minimum absolute atomic E-state index is 0.0346. The van der Waals surface area contributed by atoms with Gasteiger partial charge in [0.25, 0.3) is 5.91 Å². The van der Waals surface area contributed by atoms with E-state index >= 15 is 0 Å². The molecule has 0 unspecified atom stereocenters. The molecule has 0 saturated heterocycles. The van der Waals surface area contributed by atoms with E-state index < -0.39 is 11.7 Å². The van der Waals surface area contributed by atoms with Crippen molar-refractivity contribution in [3.8, 4) is 0 Å². The molecule has 2 amide bonds. The van der Waals surface area contributed by atoms with E-state index in [2.05, 4.69) is 15.6 Å². The lowest BCUT2D eigenvalue weighted by atomic mass is 10.2. The number of anilines is 1. The number of nitrogen functional groups attached to an aromatic ring is 1. The van der Waals surface area contributed by atoms with E-state index in [-0.39, 0.29) is 30.3 Å². The maximum absolute atomic E-state index is 13.0. The van der Waals surface area contributed by atoms with Crippen LogP contribution in [0.3, 0.4) is 0 Å². The number of amides is 2. The normalized spacial score (nSPS) is 10.4. The smallest absolute Gasteiger partial charge is 0.255 e. The van der Waals surface area contributed by atoms with Crippen LogP contribution in [0.5, 0.6) is 0 Å². The molecule has 0 saturated carbocycles. The number of hydrogen-bond acceptors (Lipinski definition) is 4. The summed E-state index contributed by atoms with van der Waals surface area (Å²) in [4.78, 5) is 26.7. The summed E-state index contributed by atoms with van der Waals surface area (Å²) >= 11 is 0. The van der Waals surface area contributed by atoms with Crippen molar-refractivity contribution in [3.05, 3.63) is 23.6 Å². The number of aromatic nitrogens is 1. The predicted molar refractivity (Wildman–Crippen MR) is 73.4 cm³/mol. The minimum atomic E-state index is -0.640. The van der Waals surface area contributed by atoms with Crippen molar-refractivity contribution in [3.63, 3.8) is 0 Å². The Balaban J connectivity index is 2.40. The van der Waals surface area contributed by atoms with Crippen LogP contribution in [0, 0.1) is 11.7 Å². The van der Waals surface area contributed by atoms with E-state index in [0.717, 1.165) is 12.3 Å². The molecular formula is C13H19FN4O2. The van der Waals surface area contributed by atoms with E-state index in [1.807, 2.05) is 13.8 Å². The first-order valence-corrected chi connectivity index (χ1v) is 6.36. The van der Waals surface area contributed by atoms with Crippen molar-refractivity contribution >= 4 is 17.6 Å². The number of carbonyl (C=O) groups excluding carboxylic acids is 2. The number of rotatable bonds is 6.